The average molecular weight is 761 g/mol. The summed E-state index contributed by atoms with van der Waals surface area (Å²) in [5, 5.41) is 6.04. The minimum absolute atomic E-state index is 0.0273. The first-order valence-electron chi connectivity index (χ1n) is 19.0. The number of piperidine rings is 1. The molecule has 53 heavy (non-hydrogen) atoms. The number of sulfonamides is 2. The van der Waals surface area contributed by atoms with Crippen LogP contribution in [0.4, 0.5) is 21.0 Å². The molecule has 2 aromatic carbocycles. The number of carbonyl (C=O) groups excluding carboxylic acids is 2. The summed E-state index contributed by atoms with van der Waals surface area (Å²) in [5.41, 5.74) is 11.0. The number of hydrogen-bond acceptors (Lipinski definition) is 8. The predicted molar refractivity (Wildman–Crippen MR) is 204 cm³/mol. The second-order valence-corrected chi connectivity index (χ2v) is 19.1. The van der Waals surface area contributed by atoms with Crippen LogP contribution in [0.25, 0.3) is 0 Å². The third-order valence-electron chi connectivity index (χ3n) is 12.1. The Kier molecular flexibility index (Phi) is 9.73. The lowest BCUT2D eigenvalue weighted by Gasteiger charge is -2.28. The molecule has 8 rings (SSSR count). The highest BCUT2D eigenvalue weighted by Gasteiger charge is 2.41. The quantitative estimate of drug-likeness (QED) is 0.229. The van der Waals surface area contributed by atoms with E-state index in [2.05, 4.69) is 42.1 Å². The van der Waals surface area contributed by atoms with E-state index >= 15 is 0 Å². The van der Waals surface area contributed by atoms with Crippen molar-refractivity contribution in [3.8, 4) is 0 Å². The molecule has 5 aliphatic rings. The van der Waals surface area contributed by atoms with E-state index in [-0.39, 0.29) is 23.5 Å². The normalized spacial score (nSPS) is 21.1. The van der Waals surface area contributed by atoms with Gasteiger partial charge in [-0.1, -0.05) is 18.2 Å². The standard InChI is InChI=1S/C39H48N6O6S2/c1-45-18-15-24(16-19-45)22-52(48,49)43-38(46)41-36-29-9-5-7-26(29)21-34-31(13-14-33(34)36)32-12-11-27-20-25-6-4-10-30(25)37(35(27)32)42-39(47)44-53(50,51)23-28-8-2-3-17-40-28/h2-3,8,17,20-21,24,31-32H,4-7,9-16,18-19,22-23H2,1H3,(H2,41,43,46)(H2,42,44,47). The number of nitrogens with zero attached hydrogens (tertiary/aromatic N) is 2. The van der Waals surface area contributed by atoms with Crippen molar-refractivity contribution >= 4 is 43.5 Å². The molecule has 1 aromatic heterocycles. The Labute approximate surface area is 312 Å². The second kappa shape index (κ2) is 14.3. The summed E-state index contributed by atoms with van der Waals surface area (Å²) in [5.74, 6) is -0.217. The molecule has 3 aromatic rings. The molecule has 0 spiro atoms. The van der Waals surface area contributed by atoms with Gasteiger partial charge in [0, 0.05) is 17.6 Å². The molecule has 14 heteroatoms. The number of carbonyl (C=O) groups is 2. The van der Waals surface area contributed by atoms with Crippen LogP contribution < -0.4 is 20.1 Å². The van der Waals surface area contributed by atoms with Gasteiger partial charge < -0.3 is 15.5 Å². The Hall–Kier alpha value is -4.01. The van der Waals surface area contributed by atoms with E-state index < -0.39 is 37.9 Å². The van der Waals surface area contributed by atoms with Crippen LogP contribution in [-0.2, 0) is 64.3 Å². The molecule has 4 amide bonds. The molecule has 0 saturated carbocycles. The first kappa shape index (κ1) is 36.0. The molecule has 0 radical (unpaired) electrons. The van der Waals surface area contributed by atoms with Gasteiger partial charge in [-0.25, -0.2) is 35.9 Å². The third-order valence-corrected chi connectivity index (χ3v) is 14.7. The van der Waals surface area contributed by atoms with Crippen LogP contribution >= 0.6 is 0 Å². The van der Waals surface area contributed by atoms with Gasteiger partial charge in [-0.3, -0.25) is 4.98 Å². The number of hydrogen-bond donors (Lipinski definition) is 4. The van der Waals surface area contributed by atoms with E-state index in [0.717, 1.165) is 124 Å². The summed E-state index contributed by atoms with van der Waals surface area (Å²) in [6, 6.07) is 8.15. The number of nitrogens with one attached hydrogen (secondary N) is 4. The summed E-state index contributed by atoms with van der Waals surface area (Å²) < 4.78 is 56.7. The first-order chi connectivity index (χ1) is 25.4. The van der Waals surface area contributed by atoms with E-state index in [1.54, 1.807) is 18.2 Å². The summed E-state index contributed by atoms with van der Waals surface area (Å²) in [6.07, 6.45) is 11.9. The SMILES string of the molecule is CN1CCC(CS(=O)(=O)NC(=O)Nc2c3c(cc4c2CCC4C2CCc4cc5c(c(NC(=O)NS(=O)(=O)Cc6ccccn6)c42)CCC5)CCC3)CC1. The number of pyridine rings is 1. The van der Waals surface area contributed by atoms with Crippen molar-refractivity contribution in [1.29, 1.82) is 0 Å². The largest absolute Gasteiger partial charge is 0.332 e. The van der Waals surface area contributed by atoms with Gasteiger partial charge in [0.25, 0.3) is 0 Å². The van der Waals surface area contributed by atoms with E-state index in [9.17, 15) is 26.4 Å². The molecule has 2 atom stereocenters. The number of fused-ring (bicyclic) bond motifs is 4. The number of rotatable bonds is 9. The fraction of sp³-hybridized carbons (Fsp3) is 0.513. The van der Waals surface area contributed by atoms with Crippen LogP contribution in [0.5, 0.6) is 0 Å². The van der Waals surface area contributed by atoms with E-state index in [1.165, 1.54) is 28.5 Å². The molecule has 2 unspecified atom stereocenters. The maximum atomic E-state index is 13.4. The van der Waals surface area contributed by atoms with Crippen molar-refractivity contribution in [2.75, 3.05) is 36.5 Å². The number of amides is 4. The van der Waals surface area contributed by atoms with Gasteiger partial charge in [-0.2, -0.15) is 0 Å². The van der Waals surface area contributed by atoms with Crippen LogP contribution in [-0.4, -0.2) is 64.7 Å². The Morgan fingerprint density at radius 2 is 1.40 bits per heavy atom. The number of aryl methyl sites for hydroxylation is 3. The molecule has 282 valence electrons. The summed E-state index contributed by atoms with van der Waals surface area (Å²) in [4.78, 5) is 33.1. The highest BCUT2D eigenvalue weighted by molar-refractivity contribution is 7.90. The Morgan fingerprint density at radius 1 is 0.736 bits per heavy atom. The van der Waals surface area contributed by atoms with Crippen LogP contribution in [0.2, 0.25) is 0 Å². The van der Waals surface area contributed by atoms with Crippen LogP contribution in [0.15, 0.2) is 36.5 Å². The minimum atomic E-state index is -4.00. The lowest BCUT2D eigenvalue weighted by Crippen LogP contribution is -2.40. The average Bonchev–Trinajstić information content (AvgIpc) is 3.91. The smallest absolute Gasteiger partial charge is 0.307 e. The fourth-order valence-electron chi connectivity index (χ4n) is 9.75. The topological polar surface area (TPSA) is 167 Å². The zero-order valence-electron chi connectivity index (χ0n) is 30.2. The van der Waals surface area contributed by atoms with Crippen LogP contribution in [0.3, 0.4) is 0 Å². The molecule has 4 aliphatic carbocycles. The van der Waals surface area contributed by atoms with Gasteiger partial charge in [-0.05, 0) is 172 Å². The van der Waals surface area contributed by atoms with Crippen LogP contribution in [0.1, 0.15) is 101 Å². The third kappa shape index (κ3) is 7.54. The van der Waals surface area contributed by atoms with E-state index in [1.807, 2.05) is 7.05 Å². The number of benzene rings is 2. The summed E-state index contributed by atoms with van der Waals surface area (Å²) >= 11 is 0. The lowest BCUT2D eigenvalue weighted by molar-refractivity contribution is 0.231. The Balaban J connectivity index is 1.05. The molecular formula is C39H48N6O6S2. The highest BCUT2D eigenvalue weighted by Crippen LogP contribution is 2.55. The van der Waals surface area contributed by atoms with Gasteiger partial charge in [0.2, 0.25) is 20.0 Å². The molecular weight excluding hydrogens is 713 g/mol. The zero-order chi connectivity index (χ0) is 36.9. The van der Waals surface area contributed by atoms with Crippen molar-refractivity contribution in [1.82, 2.24) is 19.3 Å². The van der Waals surface area contributed by atoms with Crippen molar-refractivity contribution < 1.29 is 26.4 Å². The molecule has 0 bridgehead atoms. The first-order valence-corrected chi connectivity index (χ1v) is 22.3. The van der Waals surface area contributed by atoms with Crippen LogP contribution in [0, 0.1) is 5.92 Å². The van der Waals surface area contributed by atoms with Gasteiger partial charge in [-0.15, -0.1) is 0 Å². The van der Waals surface area contributed by atoms with E-state index in [0.29, 0.717) is 5.69 Å². The molecule has 1 saturated heterocycles. The van der Waals surface area contributed by atoms with Crippen molar-refractivity contribution in [2.45, 2.75) is 94.6 Å². The zero-order valence-corrected chi connectivity index (χ0v) is 31.8. The maximum absolute atomic E-state index is 13.4. The molecule has 1 aliphatic heterocycles. The predicted octanol–water partition coefficient (Wildman–Crippen LogP) is 5.26. The summed E-state index contributed by atoms with van der Waals surface area (Å²) in [7, 11) is -5.78. The van der Waals surface area contributed by atoms with E-state index in [4.69, 9.17) is 0 Å². The molecule has 12 nitrogen and oxygen atoms in total. The van der Waals surface area contributed by atoms with Crippen molar-refractivity contribution in [3.05, 3.63) is 86.7 Å². The Bertz CT molecular complexity index is 2170. The Morgan fingerprint density at radius 3 is 2.11 bits per heavy atom. The molecule has 2 heterocycles. The number of anilines is 2. The second-order valence-electron chi connectivity index (χ2n) is 15.6. The highest BCUT2D eigenvalue weighted by atomic mass is 32.2. The van der Waals surface area contributed by atoms with Crippen molar-refractivity contribution in [2.24, 2.45) is 5.92 Å². The number of likely N-dealkylation sites (tertiary alicyclic amines) is 1. The van der Waals surface area contributed by atoms with Crippen molar-refractivity contribution in [3.63, 3.8) is 0 Å². The lowest BCUT2D eigenvalue weighted by atomic mass is 9.81. The number of urea groups is 2. The minimum Gasteiger partial charge on any atom is -0.307 e. The maximum Gasteiger partial charge on any atom is 0.332 e. The monoisotopic (exact) mass is 760 g/mol. The number of aromatic nitrogens is 1. The summed E-state index contributed by atoms with van der Waals surface area (Å²) in [6.45, 7) is 1.70. The van der Waals surface area contributed by atoms with Gasteiger partial charge >= 0.3 is 12.1 Å². The fourth-order valence-corrected chi connectivity index (χ4v) is 12.1. The van der Waals surface area contributed by atoms with Gasteiger partial charge in [0.15, 0.2) is 0 Å². The molecule has 1 fully saturated rings. The van der Waals surface area contributed by atoms with Gasteiger partial charge in [0.1, 0.15) is 5.75 Å². The van der Waals surface area contributed by atoms with Gasteiger partial charge in [0.05, 0.1) is 11.4 Å². The molecule has 4 N–H and O–H groups in total.